The number of ether oxygens (including phenoxy) is 1. The zero-order chi connectivity index (χ0) is 10.4. The number of rotatable bonds is 4. The first-order valence-corrected chi connectivity index (χ1v) is 4.94. The molecule has 14 heavy (non-hydrogen) atoms. The van der Waals surface area contributed by atoms with E-state index in [-0.39, 0.29) is 12.1 Å². The smallest absolute Gasteiger partial charge is 0.404 e. The lowest BCUT2D eigenvalue weighted by molar-refractivity contribution is 0.0780. The first-order valence-electron chi connectivity index (χ1n) is 4.94. The number of allylic oxidation sites excluding steroid dienone is 1. The molecule has 0 heterocycles. The molecule has 0 bridgehead atoms. The summed E-state index contributed by atoms with van der Waals surface area (Å²) in [6.45, 7) is 2.58. The van der Waals surface area contributed by atoms with Crippen LogP contribution >= 0.6 is 0 Å². The van der Waals surface area contributed by atoms with E-state index in [1.165, 1.54) is 0 Å². The maximum Gasteiger partial charge on any atom is 0.404 e. The summed E-state index contributed by atoms with van der Waals surface area (Å²) in [5, 5.41) is 11.0. The molecule has 4 heteroatoms. The molecule has 1 fully saturated rings. The topological polar surface area (TPSA) is 58.6 Å². The van der Waals surface area contributed by atoms with Crippen molar-refractivity contribution in [2.24, 2.45) is 0 Å². The van der Waals surface area contributed by atoms with Crippen LogP contribution < -0.4 is 5.32 Å². The van der Waals surface area contributed by atoms with Gasteiger partial charge in [-0.05, 0) is 26.2 Å². The van der Waals surface area contributed by atoms with Crippen molar-refractivity contribution in [1.29, 1.82) is 0 Å². The maximum absolute atomic E-state index is 10.4. The zero-order valence-corrected chi connectivity index (χ0v) is 8.40. The second-order valence-electron chi connectivity index (χ2n) is 3.48. The molecule has 2 N–H and O–H groups in total. The second-order valence-corrected chi connectivity index (χ2v) is 3.48. The lowest BCUT2D eigenvalue weighted by Crippen LogP contribution is -2.31. The maximum atomic E-state index is 10.4. The lowest BCUT2D eigenvalue weighted by Gasteiger charge is -2.11. The summed E-state index contributed by atoms with van der Waals surface area (Å²) < 4.78 is 5.54. The van der Waals surface area contributed by atoms with E-state index in [0.717, 1.165) is 19.3 Å². The first kappa shape index (κ1) is 11.0. The van der Waals surface area contributed by atoms with E-state index in [4.69, 9.17) is 9.84 Å². The average molecular weight is 199 g/mol. The molecule has 0 unspecified atom stereocenters. The Bertz CT molecular complexity index is 215. The Labute approximate surface area is 83.9 Å². The van der Waals surface area contributed by atoms with Gasteiger partial charge in [-0.25, -0.2) is 4.79 Å². The highest BCUT2D eigenvalue weighted by Crippen LogP contribution is 2.21. The van der Waals surface area contributed by atoms with Gasteiger partial charge >= 0.3 is 6.09 Å². The molecule has 2 atom stereocenters. The minimum atomic E-state index is -0.941. The number of hydrogen-bond acceptors (Lipinski definition) is 2. The highest BCUT2D eigenvalue weighted by atomic mass is 16.5. The molecule has 80 valence electrons. The highest BCUT2D eigenvalue weighted by Gasteiger charge is 2.25. The molecule has 1 saturated carbocycles. The molecule has 0 aliphatic heterocycles. The van der Waals surface area contributed by atoms with Gasteiger partial charge in [-0.1, -0.05) is 12.2 Å². The quantitative estimate of drug-likeness (QED) is 0.678. The van der Waals surface area contributed by atoms with E-state index < -0.39 is 6.09 Å². The first-order chi connectivity index (χ1) is 6.72. The molecule has 0 aromatic carbocycles. The van der Waals surface area contributed by atoms with Crippen LogP contribution in [-0.2, 0) is 4.74 Å². The van der Waals surface area contributed by atoms with E-state index in [2.05, 4.69) is 5.32 Å². The SMILES string of the molecule is C/C=C/CO[C@H]1CC[C@@H](NC(=O)O)C1. The predicted molar refractivity (Wildman–Crippen MR) is 53.4 cm³/mol. The minimum absolute atomic E-state index is 0.0723. The lowest BCUT2D eigenvalue weighted by atomic mass is 10.2. The van der Waals surface area contributed by atoms with Gasteiger partial charge in [-0.2, -0.15) is 0 Å². The summed E-state index contributed by atoms with van der Waals surface area (Å²) in [6, 6.07) is 0.0723. The molecule has 1 aliphatic carbocycles. The Morgan fingerprint density at radius 1 is 1.64 bits per heavy atom. The third kappa shape index (κ3) is 3.79. The molecule has 1 aliphatic rings. The molecular weight excluding hydrogens is 182 g/mol. The van der Waals surface area contributed by atoms with E-state index in [1.807, 2.05) is 19.1 Å². The van der Waals surface area contributed by atoms with Crippen molar-refractivity contribution in [3.8, 4) is 0 Å². The van der Waals surface area contributed by atoms with E-state index >= 15 is 0 Å². The fourth-order valence-electron chi connectivity index (χ4n) is 1.69. The molecule has 1 rings (SSSR count). The molecule has 0 spiro atoms. The van der Waals surface area contributed by atoms with Gasteiger partial charge in [0.15, 0.2) is 0 Å². The van der Waals surface area contributed by atoms with Gasteiger partial charge in [0.1, 0.15) is 0 Å². The van der Waals surface area contributed by atoms with Crippen molar-refractivity contribution < 1.29 is 14.6 Å². The average Bonchev–Trinajstić information content (AvgIpc) is 2.52. The third-order valence-corrected chi connectivity index (χ3v) is 2.38. The number of nitrogens with one attached hydrogen (secondary N) is 1. The van der Waals surface area contributed by atoms with Crippen LogP contribution in [-0.4, -0.2) is 30.0 Å². The Balaban J connectivity index is 2.17. The van der Waals surface area contributed by atoms with E-state index in [1.54, 1.807) is 0 Å². The Kier molecular flexibility index (Phi) is 4.46. The summed E-state index contributed by atoms with van der Waals surface area (Å²) in [4.78, 5) is 10.4. The molecule has 0 saturated heterocycles. The summed E-state index contributed by atoms with van der Waals surface area (Å²) in [6.07, 6.45) is 5.80. The van der Waals surface area contributed by atoms with Crippen molar-refractivity contribution in [2.45, 2.75) is 38.3 Å². The molecule has 1 amide bonds. The van der Waals surface area contributed by atoms with Gasteiger partial charge in [0.2, 0.25) is 0 Å². The van der Waals surface area contributed by atoms with Crippen LogP contribution in [0.3, 0.4) is 0 Å². The minimum Gasteiger partial charge on any atom is -0.465 e. The van der Waals surface area contributed by atoms with Crippen molar-refractivity contribution in [2.75, 3.05) is 6.61 Å². The molecule has 0 aromatic heterocycles. The number of amides is 1. The summed E-state index contributed by atoms with van der Waals surface area (Å²) in [5.74, 6) is 0. The standard InChI is InChI=1S/C10H17NO3/c1-2-3-6-14-9-5-4-8(7-9)11-10(12)13/h2-3,8-9,11H,4-7H2,1H3,(H,12,13)/b3-2+/t8-,9+/m1/s1. The van der Waals surface area contributed by atoms with Crippen molar-refractivity contribution in [3.05, 3.63) is 12.2 Å². The van der Waals surface area contributed by atoms with Crippen LogP contribution in [0.15, 0.2) is 12.2 Å². The fraction of sp³-hybridized carbons (Fsp3) is 0.700. The Hall–Kier alpha value is -1.03. The van der Waals surface area contributed by atoms with Gasteiger partial charge in [0, 0.05) is 6.04 Å². The van der Waals surface area contributed by atoms with Crippen LogP contribution in [0.4, 0.5) is 4.79 Å². The summed E-state index contributed by atoms with van der Waals surface area (Å²) in [5.41, 5.74) is 0. The largest absolute Gasteiger partial charge is 0.465 e. The number of hydrogen-bond donors (Lipinski definition) is 2. The van der Waals surface area contributed by atoms with Crippen LogP contribution in [0, 0.1) is 0 Å². The van der Waals surface area contributed by atoms with Gasteiger partial charge in [0.25, 0.3) is 0 Å². The Morgan fingerprint density at radius 2 is 2.43 bits per heavy atom. The van der Waals surface area contributed by atoms with Gasteiger partial charge in [-0.15, -0.1) is 0 Å². The van der Waals surface area contributed by atoms with E-state index in [9.17, 15) is 4.79 Å². The van der Waals surface area contributed by atoms with Gasteiger partial charge in [-0.3, -0.25) is 0 Å². The van der Waals surface area contributed by atoms with Crippen LogP contribution in [0.5, 0.6) is 0 Å². The molecule has 0 radical (unpaired) electrons. The number of carboxylic acid groups (broad SMARTS) is 1. The predicted octanol–water partition coefficient (Wildman–Crippen LogP) is 1.77. The highest BCUT2D eigenvalue weighted by molar-refractivity contribution is 5.64. The van der Waals surface area contributed by atoms with Crippen LogP contribution in [0.2, 0.25) is 0 Å². The normalized spacial score (nSPS) is 26.9. The van der Waals surface area contributed by atoms with E-state index in [0.29, 0.717) is 6.61 Å². The third-order valence-electron chi connectivity index (χ3n) is 2.38. The Morgan fingerprint density at radius 3 is 3.07 bits per heavy atom. The fourth-order valence-corrected chi connectivity index (χ4v) is 1.69. The molecule has 0 aromatic rings. The van der Waals surface area contributed by atoms with Crippen LogP contribution in [0.25, 0.3) is 0 Å². The monoisotopic (exact) mass is 199 g/mol. The summed E-state index contributed by atoms with van der Waals surface area (Å²) in [7, 11) is 0. The molecule has 4 nitrogen and oxygen atoms in total. The zero-order valence-electron chi connectivity index (χ0n) is 8.40. The van der Waals surface area contributed by atoms with Gasteiger partial charge < -0.3 is 15.2 Å². The van der Waals surface area contributed by atoms with Crippen molar-refractivity contribution >= 4 is 6.09 Å². The summed E-state index contributed by atoms with van der Waals surface area (Å²) >= 11 is 0. The van der Waals surface area contributed by atoms with Crippen LogP contribution in [0.1, 0.15) is 26.2 Å². The molecular formula is C10H17NO3. The second kappa shape index (κ2) is 5.65. The van der Waals surface area contributed by atoms with Crippen molar-refractivity contribution in [1.82, 2.24) is 5.32 Å². The van der Waals surface area contributed by atoms with Gasteiger partial charge in [0.05, 0.1) is 12.7 Å². The number of carbonyl (C=O) groups is 1. The van der Waals surface area contributed by atoms with Crippen molar-refractivity contribution in [3.63, 3.8) is 0 Å².